The molecule has 1 aromatic carbocycles. The Balaban J connectivity index is 2.47. The van der Waals surface area contributed by atoms with E-state index in [9.17, 15) is 4.79 Å². The summed E-state index contributed by atoms with van der Waals surface area (Å²) < 4.78 is 16.3. The van der Waals surface area contributed by atoms with Gasteiger partial charge < -0.3 is 13.6 Å². The van der Waals surface area contributed by atoms with Crippen molar-refractivity contribution in [2.75, 3.05) is 13.7 Å². The highest BCUT2D eigenvalue weighted by Gasteiger charge is 2.21. The number of benzene rings is 1. The number of methoxy groups -OCH3 is 1. The minimum Gasteiger partial charge on any atom is -0.465 e. The van der Waals surface area contributed by atoms with E-state index in [-0.39, 0.29) is 0 Å². The second-order valence-electron chi connectivity index (χ2n) is 6.24. The fourth-order valence-corrected chi connectivity index (χ4v) is 3.10. The summed E-state index contributed by atoms with van der Waals surface area (Å²) >= 11 is 6.35. The Hall–Kier alpha value is -1.56. The number of furan rings is 1. The summed E-state index contributed by atoms with van der Waals surface area (Å²) in [6.45, 7) is 8.65. The van der Waals surface area contributed by atoms with Crippen LogP contribution in [0.4, 0.5) is 0 Å². The van der Waals surface area contributed by atoms with Crippen molar-refractivity contribution in [3.05, 3.63) is 40.1 Å². The van der Waals surface area contributed by atoms with Gasteiger partial charge in [-0.2, -0.15) is 0 Å². The molecule has 2 aromatic rings. The van der Waals surface area contributed by atoms with Crippen LogP contribution >= 0.6 is 11.6 Å². The highest BCUT2D eigenvalue weighted by molar-refractivity contribution is 6.69. The third-order valence-corrected chi connectivity index (χ3v) is 4.55. The number of halogens is 1. The van der Waals surface area contributed by atoms with Gasteiger partial charge in [-0.05, 0) is 38.7 Å². The fraction of sp³-hybridized carbons (Fsp3) is 0.353. The van der Waals surface area contributed by atoms with Crippen molar-refractivity contribution in [2.45, 2.75) is 26.6 Å². The minimum absolute atomic E-state index is 0.340. The van der Waals surface area contributed by atoms with Gasteiger partial charge in [0.1, 0.15) is 16.9 Å². The lowest BCUT2D eigenvalue weighted by Gasteiger charge is -2.15. The van der Waals surface area contributed by atoms with E-state index in [4.69, 9.17) is 25.2 Å². The Kier molecular flexibility index (Phi) is 5.34. The molecule has 0 radical (unpaired) electrons. The third kappa shape index (κ3) is 4.25. The van der Waals surface area contributed by atoms with Gasteiger partial charge >= 0.3 is 5.97 Å². The zero-order valence-electron chi connectivity index (χ0n) is 14.0. The first-order chi connectivity index (χ1) is 10.7. The van der Waals surface area contributed by atoms with Gasteiger partial charge in [0.15, 0.2) is 8.32 Å². The number of carbonyl (C=O) groups is 1. The van der Waals surface area contributed by atoms with Crippen molar-refractivity contribution in [1.29, 1.82) is 0 Å². The van der Waals surface area contributed by atoms with Gasteiger partial charge in [-0.3, -0.25) is 0 Å². The van der Waals surface area contributed by atoms with Gasteiger partial charge in [0.05, 0.1) is 13.7 Å². The molecule has 124 valence electrons. The number of fused-ring (bicyclic) bond motifs is 1. The molecule has 0 N–H and O–H groups in total. The predicted octanol–water partition coefficient (Wildman–Crippen LogP) is 5.05. The average molecular weight is 353 g/mol. The molecule has 0 saturated carbocycles. The summed E-state index contributed by atoms with van der Waals surface area (Å²) in [7, 11) is -0.246. The molecule has 0 aliphatic heterocycles. The number of ether oxygens (including phenoxy) is 1. The second-order valence-corrected chi connectivity index (χ2v) is 11.2. The molecule has 0 saturated heterocycles. The summed E-state index contributed by atoms with van der Waals surface area (Å²) in [5.41, 5.74) is 1.41. The van der Waals surface area contributed by atoms with Crippen molar-refractivity contribution < 1.29 is 18.4 Å². The molecule has 1 heterocycles. The van der Waals surface area contributed by atoms with Crippen LogP contribution in [0.1, 0.15) is 21.7 Å². The van der Waals surface area contributed by atoms with Crippen LogP contribution in [-0.2, 0) is 9.16 Å². The average Bonchev–Trinajstić information content (AvgIpc) is 2.81. The number of carbonyl (C=O) groups excluding carboxylic acids is 1. The quantitative estimate of drug-likeness (QED) is 0.558. The topological polar surface area (TPSA) is 48.7 Å². The van der Waals surface area contributed by atoms with Crippen LogP contribution < -0.4 is 0 Å². The summed E-state index contributed by atoms with van der Waals surface area (Å²) in [6, 6.07) is 3.63. The molecule has 0 fully saturated rings. The van der Waals surface area contributed by atoms with E-state index in [0.717, 1.165) is 5.39 Å². The lowest BCUT2D eigenvalue weighted by atomic mass is 10.0. The molecule has 4 nitrogen and oxygen atoms in total. The largest absolute Gasteiger partial charge is 0.465 e. The zero-order chi connectivity index (χ0) is 17.2. The van der Waals surface area contributed by atoms with Crippen molar-refractivity contribution in [1.82, 2.24) is 0 Å². The smallest absolute Gasteiger partial charge is 0.342 e. The van der Waals surface area contributed by atoms with Gasteiger partial charge in [-0.25, -0.2) is 4.79 Å². The van der Waals surface area contributed by atoms with Gasteiger partial charge in [0.2, 0.25) is 0 Å². The van der Waals surface area contributed by atoms with E-state index in [1.165, 1.54) is 7.11 Å². The maximum atomic E-state index is 12.2. The second kappa shape index (κ2) is 6.91. The van der Waals surface area contributed by atoms with E-state index in [1.807, 2.05) is 19.1 Å². The number of aryl methyl sites for hydroxylation is 1. The molecular formula is C17H21ClO4Si. The Morgan fingerprint density at radius 2 is 2.04 bits per heavy atom. The van der Waals surface area contributed by atoms with E-state index in [0.29, 0.717) is 34.1 Å². The maximum absolute atomic E-state index is 12.2. The van der Waals surface area contributed by atoms with Gasteiger partial charge in [0.25, 0.3) is 0 Å². The molecule has 0 spiro atoms. The molecule has 0 bridgehead atoms. The molecule has 1 aromatic heterocycles. The first-order valence-electron chi connectivity index (χ1n) is 7.34. The monoisotopic (exact) mass is 352 g/mol. The van der Waals surface area contributed by atoms with Crippen molar-refractivity contribution in [3.63, 3.8) is 0 Å². The molecule has 6 heteroatoms. The molecule has 0 aliphatic rings. The number of esters is 1. The maximum Gasteiger partial charge on any atom is 0.342 e. The fourth-order valence-electron chi connectivity index (χ4n) is 2.22. The van der Waals surface area contributed by atoms with Crippen LogP contribution in [0.15, 0.2) is 22.6 Å². The van der Waals surface area contributed by atoms with Crippen LogP contribution in [0.3, 0.4) is 0 Å². The van der Waals surface area contributed by atoms with Crippen LogP contribution in [-0.4, -0.2) is 28.0 Å². The summed E-state index contributed by atoms with van der Waals surface area (Å²) in [5.74, 6) is 0.238. The van der Waals surface area contributed by atoms with Crippen LogP contribution in [0.25, 0.3) is 17.0 Å². The van der Waals surface area contributed by atoms with Crippen molar-refractivity contribution >= 4 is 42.9 Å². The van der Waals surface area contributed by atoms with Crippen molar-refractivity contribution in [2.24, 2.45) is 0 Å². The normalized spacial score (nSPS) is 12.3. The summed E-state index contributed by atoms with van der Waals surface area (Å²) in [5, 5.41) is 1.26. The third-order valence-electron chi connectivity index (χ3n) is 3.21. The SMILES string of the molecule is COC(=O)c1c(/C=C/CO[Si](C)(C)C)c(Cl)cc2cc(C)oc12. The lowest BCUT2D eigenvalue weighted by Crippen LogP contribution is -2.25. The predicted molar refractivity (Wildman–Crippen MR) is 95.6 cm³/mol. The zero-order valence-corrected chi connectivity index (χ0v) is 15.8. The Morgan fingerprint density at radius 3 is 2.65 bits per heavy atom. The van der Waals surface area contributed by atoms with Gasteiger partial charge in [-0.1, -0.05) is 23.8 Å². The summed E-state index contributed by atoms with van der Waals surface area (Å²) in [4.78, 5) is 12.2. The van der Waals surface area contributed by atoms with Gasteiger partial charge in [0, 0.05) is 16.0 Å². The Bertz CT molecular complexity index is 756. The highest BCUT2D eigenvalue weighted by atomic mass is 35.5. The van der Waals surface area contributed by atoms with E-state index in [1.54, 1.807) is 12.1 Å². The standard InChI is InChI=1S/C17H21ClO4Si/c1-11-9-12-10-14(18)13(7-6-8-21-23(3,4)5)15(16(12)22-11)17(19)20-2/h6-7,9-10H,8H2,1-5H3/b7-6+. The Labute approximate surface area is 142 Å². The molecule has 23 heavy (non-hydrogen) atoms. The minimum atomic E-state index is -1.59. The molecule has 2 rings (SSSR count). The first kappa shape index (κ1) is 17.8. The van der Waals surface area contributed by atoms with Crippen LogP contribution in [0.2, 0.25) is 24.7 Å². The van der Waals surface area contributed by atoms with Crippen LogP contribution in [0.5, 0.6) is 0 Å². The van der Waals surface area contributed by atoms with E-state index >= 15 is 0 Å². The lowest BCUT2D eigenvalue weighted by molar-refractivity contribution is 0.0601. The first-order valence-corrected chi connectivity index (χ1v) is 11.1. The number of rotatable bonds is 5. The summed E-state index contributed by atoms with van der Waals surface area (Å²) in [6.07, 6.45) is 3.64. The molecule has 0 atom stereocenters. The Morgan fingerprint density at radius 1 is 1.35 bits per heavy atom. The number of hydrogen-bond donors (Lipinski definition) is 0. The number of hydrogen-bond acceptors (Lipinski definition) is 4. The van der Waals surface area contributed by atoms with E-state index < -0.39 is 14.3 Å². The molecular weight excluding hydrogens is 332 g/mol. The van der Waals surface area contributed by atoms with E-state index in [2.05, 4.69) is 19.6 Å². The highest BCUT2D eigenvalue weighted by Crippen LogP contribution is 2.33. The molecule has 0 aliphatic carbocycles. The van der Waals surface area contributed by atoms with Crippen LogP contribution in [0, 0.1) is 6.92 Å². The molecule has 0 unspecified atom stereocenters. The van der Waals surface area contributed by atoms with Gasteiger partial charge in [-0.15, -0.1) is 0 Å². The molecule has 0 amide bonds. The van der Waals surface area contributed by atoms with Crippen molar-refractivity contribution in [3.8, 4) is 0 Å².